The number of carbonyl (C=O) groups excluding carboxylic acids is 2. The van der Waals surface area contributed by atoms with Gasteiger partial charge in [0, 0.05) is 19.0 Å². The van der Waals surface area contributed by atoms with E-state index in [0.717, 1.165) is 35.6 Å². The fraction of sp³-hybridized carbons (Fsp3) is 0.429. The molecule has 2 aromatic rings. The molecule has 1 saturated heterocycles. The van der Waals surface area contributed by atoms with Crippen LogP contribution in [-0.4, -0.2) is 35.8 Å². The largest absolute Gasteiger partial charge is 0.346 e. The number of hydrogen-bond donors (Lipinski definition) is 2. The Morgan fingerprint density at radius 2 is 1.92 bits per heavy atom. The summed E-state index contributed by atoms with van der Waals surface area (Å²) in [5.74, 6) is -0.0867. The lowest BCUT2D eigenvalue weighted by atomic mass is 9.97. The molecule has 5 heteroatoms. The van der Waals surface area contributed by atoms with E-state index in [0.29, 0.717) is 13.0 Å². The summed E-state index contributed by atoms with van der Waals surface area (Å²) < 4.78 is 0. The summed E-state index contributed by atoms with van der Waals surface area (Å²) in [5.41, 5.74) is 7.13. The maximum Gasteiger partial charge on any atom is 0.240 e. The monoisotopic (exact) mass is 353 g/mol. The van der Waals surface area contributed by atoms with Crippen molar-refractivity contribution in [3.8, 4) is 0 Å². The Morgan fingerprint density at radius 3 is 2.69 bits per heavy atom. The van der Waals surface area contributed by atoms with Crippen LogP contribution in [0.4, 0.5) is 0 Å². The fourth-order valence-electron chi connectivity index (χ4n) is 3.52. The first-order valence-corrected chi connectivity index (χ1v) is 9.36. The molecule has 1 heterocycles. The van der Waals surface area contributed by atoms with Crippen LogP contribution in [0, 0.1) is 0 Å². The minimum atomic E-state index is -0.283. The zero-order valence-corrected chi connectivity index (χ0v) is 15.3. The van der Waals surface area contributed by atoms with E-state index in [1.165, 1.54) is 0 Å². The van der Waals surface area contributed by atoms with E-state index >= 15 is 0 Å². The van der Waals surface area contributed by atoms with Gasteiger partial charge in [-0.15, -0.1) is 0 Å². The van der Waals surface area contributed by atoms with Crippen molar-refractivity contribution in [3.63, 3.8) is 0 Å². The zero-order valence-electron chi connectivity index (χ0n) is 15.3. The Bertz CT molecular complexity index is 788. The number of hydrogen-bond acceptors (Lipinski definition) is 3. The Balaban J connectivity index is 1.72. The number of fused-ring (bicyclic) bond motifs is 1. The number of likely N-dealkylation sites (tertiary alicyclic amines) is 1. The SMILES string of the molecule is CC(N)C(NC(=O)CN1CCCCCC1=O)c1ccc2ccccc2c1. The first-order chi connectivity index (χ1) is 12.5. The lowest BCUT2D eigenvalue weighted by Crippen LogP contribution is -2.45. The van der Waals surface area contributed by atoms with Crippen LogP contribution in [0.2, 0.25) is 0 Å². The van der Waals surface area contributed by atoms with Crippen molar-refractivity contribution in [2.24, 2.45) is 5.73 Å². The third kappa shape index (κ3) is 4.41. The lowest BCUT2D eigenvalue weighted by molar-refractivity contribution is -0.135. The van der Waals surface area contributed by atoms with Crippen LogP contribution in [-0.2, 0) is 9.59 Å². The molecule has 2 unspecified atom stereocenters. The van der Waals surface area contributed by atoms with Gasteiger partial charge in [-0.1, -0.05) is 42.8 Å². The Morgan fingerprint density at radius 1 is 1.15 bits per heavy atom. The second-order valence-electron chi connectivity index (χ2n) is 7.14. The van der Waals surface area contributed by atoms with Gasteiger partial charge in [0.2, 0.25) is 11.8 Å². The molecule has 0 spiro atoms. The molecule has 138 valence electrons. The van der Waals surface area contributed by atoms with Crippen LogP contribution in [0.3, 0.4) is 0 Å². The smallest absolute Gasteiger partial charge is 0.240 e. The van der Waals surface area contributed by atoms with Gasteiger partial charge in [0.25, 0.3) is 0 Å². The van der Waals surface area contributed by atoms with Crippen LogP contribution < -0.4 is 11.1 Å². The average Bonchev–Trinajstić information content (AvgIpc) is 2.83. The standard InChI is InChI=1S/C21H27N3O2/c1-15(22)21(18-11-10-16-7-4-5-8-17(16)13-18)23-19(25)14-24-12-6-2-3-9-20(24)26/h4-5,7-8,10-11,13,15,21H,2-3,6,9,12,14,22H2,1H3,(H,23,25). The maximum atomic E-state index is 12.6. The molecule has 26 heavy (non-hydrogen) atoms. The summed E-state index contributed by atoms with van der Waals surface area (Å²) in [6, 6.07) is 13.7. The summed E-state index contributed by atoms with van der Waals surface area (Å²) in [5, 5.41) is 5.30. The van der Waals surface area contributed by atoms with E-state index in [1.807, 2.05) is 31.2 Å². The van der Waals surface area contributed by atoms with Gasteiger partial charge in [-0.2, -0.15) is 0 Å². The van der Waals surface area contributed by atoms with Crippen molar-refractivity contribution in [2.75, 3.05) is 13.1 Å². The van der Waals surface area contributed by atoms with Crippen LogP contribution in [0.25, 0.3) is 10.8 Å². The zero-order chi connectivity index (χ0) is 18.5. The highest BCUT2D eigenvalue weighted by Crippen LogP contribution is 2.22. The first kappa shape index (κ1) is 18.4. The molecule has 1 aliphatic heterocycles. The minimum Gasteiger partial charge on any atom is -0.346 e. The molecule has 0 bridgehead atoms. The van der Waals surface area contributed by atoms with Crippen LogP contribution in [0.1, 0.15) is 44.2 Å². The van der Waals surface area contributed by atoms with E-state index < -0.39 is 0 Å². The second kappa shape index (κ2) is 8.32. The molecule has 0 saturated carbocycles. The Kier molecular flexibility index (Phi) is 5.89. The Hall–Kier alpha value is -2.40. The number of nitrogens with zero attached hydrogens (tertiary/aromatic N) is 1. The molecular weight excluding hydrogens is 326 g/mol. The van der Waals surface area contributed by atoms with Gasteiger partial charge in [-0.05, 0) is 42.2 Å². The molecule has 3 rings (SSSR count). The van der Waals surface area contributed by atoms with Crippen LogP contribution >= 0.6 is 0 Å². The second-order valence-corrected chi connectivity index (χ2v) is 7.14. The molecule has 5 nitrogen and oxygen atoms in total. The van der Waals surface area contributed by atoms with Gasteiger partial charge in [0.05, 0.1) is 12.6 Å². The molecule has 0 radical (unpaired) electrons. The topological polar surface area (TPSA) is 75.4 Å². The van der Waals surface area contributed by atoms with E-state index in [-0.39, 0.29) is 30.4 Å². The molecule has 2 amide bonds. The predicted molar refractivity (Wildman–Crippen MR) is 104 cm³/mol. The molecule has 0 aliphatic carbocycles. The Labute approximate surface area is 154 Å². The number of nitrogens with two attached hydrogens (primary N) is 1. The summed E-state index contributed by atoms with van der Waals surface area (Å²) in [7, 11) is 0. The maximum absolute atomic E-state index is 12.6. The molecule has 3 N–H and O–H groups in total. The number of benzene rings is 2. The van der Waals surface area contributed by atoms with Crippen LogP contribution in [0.5, 0.6) is 0 Å². The highest BCUT2D eigenvalue weighted by molar-refractivity contribution is 5.86. The number of carbonyl (C=O) groups is 2. The first-order valence-electron chi connectivity index (χ1n) is 9.36. The van der Waals surface area contributed by atoms with Crippen molar-refractivity contribution in [1.29, 1.82) is 0 Å². The van der Waals surface area contributed by atoms with Gasteiger partial charge >= 0.3 is 0 Å². The normalized spacial score (nSPS) is 17.6. The van der Waals surface area contributed by atoms with E-state index in [1.54, 1.807) is 4.90 Å². The van der Waals surface area contributed by atoms with Gasteiger partial charge in [0.15, 0.2) is 0 Å². The van der Waals surface area contributed by atoms with Crippen molar-refractivity contribution < 1.29 is 9.59 Å². The number of nitrogens with one attached hydrogen (secondary N) is 1. The van der Waals surface area contributed by atoms with Gasteiger partial charge < -0.3 is 16.0 Å². The average molecular weight is 353 g/mol. The molecule has 0 aromatic heterocycles. The van der Waals surface area contributed by atoms with E-state index in [4.69, 9.17) is 5.73 Å². The van der Waals surface area contributed by atoms with Crippen molar-refractivity contribution >= 4 is 22.6 Å². The molecular formula is C21H27N3O2. The fourth-order valence-corrected chi connectivity index (χ4v) is 3.52. The van der Waals surface area contributed by atoms with Gasteiger partial charge in [-0.25, -0.2) is 0 Å². The van der Waals surface area contributed by atoms with Gasteiger partial charge in [0.1, 0.15) is 0 Å². The van der Waals surface area contributed by atoms with Crippen molar-refractivity contribution in [2.45, 2.75) is 44.7 Å². The molecule has 1 aliphatic rings. The van der Waals surface area contributed by atoms with E-state index in [2.05, 4.69) is 23.5 Å². The van der Waals surface area contributed by atoms with Crippen molar-refractivity contribution in [3.05, 3.63) is 48.0 Å². The van der Waals surface area contributed by atoms with Crippen molar-refractivity contribution in [1.82, 2.24) is 10.2 Å². The molecule has 2 atom stereocenters. The van der Waals surface area contributed by atoms with E-state index in [9.17, 15) is 9.59 Å². The van der Waals surface area contributed by atoms with Gasteiger partial charge in [-0.3, -0.25) is 9.59 Å². The van der Waals surface area contributed by atoms with Crippen LogP contribution in [0.15, 0.2) is 42.5 Å². The highest BCUT2D eigenvalue weighted by Gasteiger charge is 2.23. The lowest BCUT2D eigenvalue weighted by Gasteiger charge is -2.26. The number of amides is 2. The predicted octanol–water partition coefficient (Wildman–Crippen LogP) is 2.75. The minimum absolute atomic E-state index is 0.0701. The third-order valence-corrected chi connectivity index (χ3v) is 4.98. The third-order valence-electron chi connectivity index (χ3n) is 4.98. The summed E-state index contributed by atoms with van der Waals surface area (Å²) >= 11 is 0. The number of rotatable bonds is 5. The highest BCUT2D eigenvalue weighted by atomic mass is 16.2. The quantitative estimate of drug-likeness (QED) is 0.868. The molecule has 2 aromatic carbocycles. The summed E-state index contributed by atoms with van der Waals surface area (Å²) in [6.45, 7) is 2.65. The summed E-state index contributed by atoms with van der Waals surface area (Å²) in [6.07, 6.45) is 3.45. The summed E-state index contributed by atoms with van der Waals surface area (Å²) in [4.78, 5) is 26.3. The molecule has 1 fully saturated rings.